The summed E-state index contributed by atoms with van der Waals surface area (Å²) in [6, 6.07) is 0. The SMILES string of the molecule is C#CCN(C)CCNC(=O)C(C)(C)NC1=CC1. The summed E-state index contributed by atoms with van der Waals surface area (Å²) in [7, 11) is 1.93. The number of terminal acetylenes is 1. The molecule has 1 amide bonds. The lowest BCUT2D eigenvalue weighted by molar-refractivity contribution is -0.126. The Balaban J connectivity index is 2.24. The minimum atomic E-state index is -0.549. The fourth-order valence-electron chi connectivity index (χ4n) is 1.43. The van der Waals surface area contributed by atoms with Crippen LogP contribution in [-0.4, -0.2) is 43.0 Å². The van der Waals surface area contributed by atoms with Crippen LogP contribution >= 0.6 is 0 Å². The molecular weight excluding hydrogens is 214 g/mol. The Morgan fingerprint density at radius 2 is 2.29 bits per heavy atom. The second kappa shape index (κ2) is 5.74. The third kappa shape index (κ3) is 4.92. The van der Waals surface area contributed by atoms with E-state index in [2.05, 4.69) is 22.6 Å². The molecular formula is C13H21N3O. The fourth-order valence-corrected chi connectivity index (χ4v) is 1.43. The van der Waals surface area contributed by atoms with Crippen LogP contribution in [-0.2, 0) is 4.79 Å². The van der Waals surface area contributed by atoms with E-state index in [0.717, 1.165) is 18.7 Å². The molecule has 4 heteroatoms. The number of carbonyl (C=O) groups excluding carboxylic acids is 1. The zero-order chi connectivity index (χ0) is 12.9. The van der Waals surface area contributed by atoms with Gasteiger partial charge in [-0.3, -0.25) is 9.69 Å². The summed E-state index contributed by atoms with van der Waals surface area (Å²) in [4.78, 5) is 13.9. The maximum atomic E-state index is 11.9. The summed E-state index contributed by atoms with van der Waals surface area (Å²) < 4.78 is 0. The Morgan fingerprint density at radius 3 is 2.82 bits per heavy atom. The Morgan fingerprint density at radius 1 is 1.65 bits per heavy atom. The van der Waals surface area contributed by atoms with Crippen molar-refractivity contribution in [2.24, 2.45) is 0 Å². The Kier molecular flexibility index (Phi) is 4.59. The van der Waals surface area contributed by atoms with Crippen molar-refractivity contribution in [3.05, 3.63) is 11.8 Å². The van der Waals surface area contributed by atoms with Gasteiger partial charge in [-0.1, -0.05) is 12.0 Å². The highest BCUT2D eigenvalue weighted by Crippen LogP contribution is 2.18. The van der Waals surface area contributed by atoms with E-state index in [1.807, 2.05) is 25.8 Å². The molecule has 0 aliphatic heterocycles. The molecule has 0 fully saturated rings. The van der Waals surface area contributed by atoms with E-state index in [1.54, 1.807) is 0 Å². The van der Waals surface area contributed by atoms with Crippen molar-refractivity contribution < 1.29 is 4.79 Å². The molecule has 0 saturated carbocycles. The van der Waals surface area contributed by atoms with Gasteiger partial charge in [0.1, 0.15) is 5.54 Å². The van der Waals surface area contributed by atoms with Crippen LogP contribution in [0.3, 0.4) is 0 Å². The van der Waals surface area contributed by atoms with E-state index < -0.39 is 5.54 Å². The molecule has 2 N–H and O–H groups in total. The highest BCUT2D eigenvalue weighted by atomic mass is 16.2. The van der Waals surface area contributed by atoms with E-state index in [-0.39, 0.29) is 5.91 Å². The first-order chi connectivity index (χ1) is 7.95. The van der Waals surface area contributed by atoms with Crippen LogP contribution in [0, 0.1) is 12.3 Å². The lowest BCUT2D eigenvalue weighted by Crippen LogP contribution is -2.52. The summed E-state index contributed by atoms with van der Waals surface area (Å²) in [6.07, 6.45) is 8.24. The van der Waals surface area contributed by atoms with Crippen LogP contribution in [0.4, 0.5) is 0 Å². The Hall–Kier alpha value is -1.47. The third-order valence-electron chi connectivity index (χ3n) is 2.59. The highest BCUT2D eigenvalue weighted by Gasteiger charge is 2.29. The molecule has 0 aromatic carbocycles. The topological polar surface area (TPSA) is 44.4 Å². The molecule has 0 spiro atoms. The first kappa shape index (κ1) is 13.6. The second-order valence-corrected chi connectivity index (χ2v) is 4.88. The van der Waals surface area contributed by atoms with Gasteiger partial charge in [-0.05, 0) is 20.9 Å². The van der Waals surface area contributed by atoms with E-state index in [0.29, 0.717) is 13.1 Å². The summed E-state index contributed by atoms with van der Waals surface area (Å²) in [5.74, 6) is 2.58. The molecule has 0 saturated heterocycles. The van der Waals surface area contributed by atoms with Crippen LogP contribution in [0.25, 0.3) is 0 Å². The molecule has 94 valence electrons. The predicted octanol–water partition coefficient (Wildman–Crippen LogP) is 0.323. The van der Waals surface area contributed by atoms with E-state index in [9.17, 15) is 4.79 Å². The smallest absolute Gasteiger partial charge is 0.245 e. The molecule has 17 heavy (non-hydrogen) atoms. The number of nitrogens with one attached hydrogen (secondary N) is 2. The molecule has 0 aromatic rings. The van der Waals surface area contributed by atoms with Gasteiger partial charge in [0, 0.05) is 25.2 Å². The third-order valence-corrected chi connectivity index (χ3v) is 2.59. The molecule has 4 nitrogen and oxygen atoms in total. The quantitative estimate of drug-likeness (QED) is 0.625. The Labute approximate surface area is 103 Å². The second-order valence-electron chi connectivity index (χ2n) is 4.88. The first-order valence-electron chi connectivity index (χ1n) is 5.83. The van der Waals surface area contributed by atoms with Gasteiger partial charge in [0.25, 0.3) is 0 Å². The predicted molar refractivity (Wildman–Crippen MR) is 69.3 cm³/mol. The van der Waals surface area contributed by atoms with Gasteiger partial charge in [0.15, 0.2) is 0 Å². The molecule has 0 bridgehead atoms. The molecule has 1 aliphatic rings. The van der Waals surface area contributed by atoms with Crippen LogP contribution in [0.1, 0.15) is 20.3 Å². The van der Waals surface area contributed by atoms with Gasteiger partial charge in [0.05, 0.1) is 6.54 Å². The number of amides is 1. The van der Waals surface area contributed by atoms with E-state index >= 15 is 0 Å². The maximum Gasteiger partial charge on any atom is 0.245 e. The standard InChI is InChI=1S/C13H21N3O/c1-5-9-16(4)10-8-14-12(17)13(2,3)15-11-6-7-11/h1,6,15H,7-10H2,2-4H3,(H,14,17). The van der Waals surface area contributed by atoms with Crippen molar-refractivity contribution in [2.75, 3.05) is 26.7 Å². The molecule has 1 rings (SSSR count). The number of likely N-dealkylation sites (N-methyl/N-ethyl adjacent to an activating group) is 1. The maximum absolute atomic E-state index is 11.9. The van der Waals surface area contributed by atoms with Gasteiger partial charge in [-0.25, -0.2) is 0 Å². The number of allylic oxidation sites excluding steroid dienone is 2. The summed E-state index contributed by atoms with van der Waals surface area (Å²) in [5.41, 5.74) is 0.599. The largest absolute Gasteiger partial charge is 0.375 e. The van der Waals surface area contributed by atoms with Crippen LogP contribution in [0.2, 0.25) is 0 Å². The number of hydrogen-bond acceptors (Lipinski definition) is 3. The zero-order valence-corrected chi connectivity index (χ0v) is 10.8. The van der Waals surface area contributed by atoms with Crippen molar-refractivity contribution in [3.63, 3.8) is 0 Å². The van der Waals surface area contributed by atoms with E-state index in [1.165, 1.54) is 0 Å². The van der Waals surface area contributed by atoms with Gasteiger partial charge >= 0.3 is 0 Å². The van der Waals surface area contributed by atoms with E-state index in [4.69, 9.17) is 6.42 Å². The molecule has 0 heterocycles. The van der Waals surface area contributed by atoms with Gasteiger partial charge in [-0.2, -0.15) is 0 Å². The zero-order valence-electron chi connectivity index (χ0n) is 10.8. The lowest BCUT2D eigenvalue weighted by Gasteiger charge is -2.25. The van der Waals surface area contributed by atoms with Gasteiger partial charge in [0.2, 0.25) is 5.91 Å². The molecule has 0 radical (unpaired) electrons. The van der Waals surface area contributed by atoms with Crippen molar-refractivity contribution >= 4 is 5.91 Å². The monoisotopic (exact) mass is 235 g/mol. The number of rotatable bonds is 7. The van der Waals surface area contributed by atoms with Gasteiger partial charge < -0.3 is 10.6 Å². The van der Waals surface area contributed by atoms with Gasteiger partial charge in [-0.15, -0.1) is 6.42 Å². The fraction of sp³-hybridized carbons (Fsp3) is 0.615. The van der Waals surface area contributed by atoms with Crippen molar-refractivity contribution in [1.82, 2.24) is 15.5 Å². The molecule has 0 atom stereocenters. The Bertz CT molecular complexity index is 352. The lowest BCUT2D eigenvalue weighted by atomic mass is 10.0. The van der Waals surface area contributed by atoms with Crippen LogP contribution in [0.5, 0.6) is 0 Å². The first-order valence-corrected chi connectivity index (χ1v) is 5.83. The van der Waals surface area contributed by atoms with Crippen LogP contribution < -0.4 is 10.6 Å². The number of hydrogen-bond donors (Lipinski definition) is 2. The average molecular weight is 235 g/mol. The van der Waals surface area contributed by atoms with Crippen molar-refractivity contribution in [1.29, 1.82) is 0 Å². The molecule has 0 aromatic heterocycles. The van der Waals surface area contributed by atoms with Crippen LogP contribution in [0.15, 0.2) is 11.8 Å². The highest BCUT2D eigenvalue weighted by molar-refractivity contribution is 5.85. The molecule has 0 unspecified atom stereocenters. The summed E-state index contributed by atoms with van der Waals surface area (Å²) in [5, 5.41) is 6.10. The molecule has 1 aliphatic carbocycles. The number of nitrogens with zero attached hydrogens (tertiary/aromatic N) is 1. The minimum absolute atomic E-state index is 0.0133. The van der Waals surface area contributed by atoms with Crippen molar-refractivity contribution in [2.45, 2.75) is 25.8 Å². The average Bonchev–Trinajstić information content (AvgIpc) is 3.01. The number of carbonyl (C=O) groups is 1. The minimum Gasteiger partial charge on any atom is -0.375 e. The van der Waals surface area contributed by atoms with Crippen molar-refractivity contribution in [3.8, 4) is 12.3 Å². The summed E-state index contributed by atoms with van der Waals surface area (Å²) >= 11 is 0. The normalized spacial score (nSPS) is 13.9. The summed E-state index contributed by atoms with van der Waals surface area (Å²) in [6.45, 7) is 5.74.